The molecule has 0 radical (unpaired) electrons. The Kier molecular flexibility index (Phi) is 7.79. The lowest BCUT2D eigenvalue weighted by Crippen LogP contribution is -2.54. The molecule has 0 bridgehead atoms. The highest BCUT2D eigenvalue weighted by Crippen LogP contribution is 2.67. The summed E-state index contributed by atoms with van der Waals surface area (Å²) in [6.07, 6.45) is 14.4. The van der Waals surface area contributed by atoms with Crippen molar-refractivity contribution in [2.45, 2.75) is 123 Å². The maximum absolute atomic E-state index is 12.4. The SMILES string of the molecule is CC(=O)C1CCC2C3CC[C@@H]4C[C@H](OC(=O)CCCCCCC(=O)O)CC[C@]4(C)C3CC[C@]12C. The van der Waals surface area contributed by atoms with Crippen LogP contribution in [0.2, 0.25) is 0 Å². The van der Waals surface area contributed by atoms with E-state index in [9.17, 15) is 14.4 Å². The van der Waals surface area contributed by atoms with Crippen LogP contribution in [0, 0.1) is 40.4 Å². The highest BCUT2D eigenvalue weighted by molar-refractivity contribution is 5.79. The van der Waals surface area contributed by atoms with E-state index in [-0.39, 0.29) is 29.8 Å². The molecule has 0 aromatic rings. The summed E-state index contributed by atoms with van der Waals surface area (Å²) >= 11 is 0. The fraction of sp³-hybridized carbons (Fsp3) is 0.897. The Morgan fingerprint density at radius 1 is 0.824 bits per heavy atom. The van der Waals surface area contributed by atoms with Gasteiger partial charge in [-0.05, 0) is 112 Å². The molecule has 8 atom stereocenters. The maximum atomic E-state index is 12.4. The van der Waals surface area contributed by atoms with E-state index in [2.05, 4.69) is 13.8 Å². The molecular formula is C29H46O5. The molecule has 4 aliphatic carbocycles. The molecule has 4 rings (SSSR count). The second-order valence-corrected chi connectivity index (χ2v) is 12.6. The third-order valence-electron chi connectivity index (χ3n) is 10.9. The molecule has 0 aromatic heterocycles. The zero-order valence-electron chi connectivity index (χ0n) is 21.7. The predicted molar refractivity (Wildman–Crippen MR) is 131 cm³/mol. The van der Waals surface area contributed by atoms with E-state index in [1.807, 2.05) is 6.92 Å². The molecule has 34 heavy (non-hydrogen) atoms. The third kappa shape index (κ3) is 4.95. The molecule has 0 saturated heterocycles. The van der Waals surface area contributed by atoms with Gasteiger partial charge in [-0.2, -0.15) is 0 Å². The number of ketones is 1. The lowest BCUT2D eigenvalue weighted by Gasteiger charge is -2.61. The molecule has 0 heterocycles. The highest BCUT2D eigenvalue weighted by atomic mass is 16.5. The Labute approximate surface area is 205 Å². The van der Waals surface area contributed by atoms with Crippen molar-refractivity contribution in [2.24, 2.45) is 40.4 Å². The number of hydrogen-bond donors (Lipinski definition) is 1. The van der Waals surface area contributed by atoms with E-state index in [0.717, 1.165) is 56.8 Å². The minimum Gasteiger partial charge on any atom is -0.481 e. The standard InChI is InChI=1S/C29H46O5/c1-19(30)23-12-13-24-22-11-10-20-18-21(34-27(33)9-7-5-4-6-8-26(31)32)14-16-28(20,2)25(22)15-17-29(23,24)3/h20-25H,4-18H2,1-3H3,(H,31,32)/t20-,21-,22?,23?,24?,25?,28+,29-/m1/s1. The lowest BCUT2D eigenvalue weighted by atomic mass is 9.44. The van der Waals surface area contributed by atoms with E-state index in [0.29, 0.717) is 35.9 Å². The van der Waals surface area contributed by atoms with Gasteiger partial charge < -0.3 is 9.84 Å². The van der Waals surface area contributed by atoms with E-state index < -0.39 is 5.97 Å². The first-order chi connectivity index (χ1) is 16.1. The molecule has 5 heteroatoms. The molecular weight excluding hydrogens is 428 g/mol. The molecule has 0 aromatic carbocycles. The number of rotatable bonds is 9. The van der Waals surface area contributed by atoms with Crippen LogP contribution in [0.1, 0.15) is 117 Å². The molecule has 4 fully saturated rings. The summed E-state index contributed by atoms with van der Waals surface area (Å²) in [5.41, 5.74) is 0.572. The van der Waals surface area contributed by atoms with Crippen molar-refractivity contribution in [3.8, 4) is 0 Å². The average molecular weight is 475 g/mol. The number of carboxylic acids is 1. The normalized spacial score (nSPS) is 41.1. The quantitative estimate of drug-likeness (QED) is 0.302. The second kappa shape index (κ2) is 10.3. The number of aliphatic carboxylic acids is 1. The van der Waals surface area contributed by atoms with Crippen molar-refractivity contribution in [1.82, 2.24) is 0 Å². The van der Waals surface area contributed by atoms with Gasteiger partial charge in [0.25, 0.3) is 0 Å². The zero-order valence-corrected chi connectivity index (χ0v) is 21.7. The van der Waals surface area contributed by atoms with E-state index in [1.54, 1.807) is 0 Å². The van der Waals surface area contributed by atoms with Crippen LogP contribution in [0.3, 0.4) is 0 Å². The van der Waals surface area contributed by atoms with Gasteiger partial charge in [-0.15, -0.1) is 0 Å². The van der Waals surface area contributed by atoms with Crippen molar-refractivity contribution in [1.29, 1.82) is 0 Å². The van der Waals surface area contributed by atoms with Gasteiger partial charge in [0.1, 0.15) is 11.9 Å². The molecule has 1 N–H and O–H groups in total. The van der Waals surface area contributed by atoms with Crippen molar-refractivity contribution in [3.05, 3.63) is 0 Å². The predicted octanol–water partition coefficient (Wildman–Crippen LogP) is 6.57. The Balaban J connectivity index is 1.27. The Hall–Kier alpha value is -1.39. The smallest absolute Gasteiger partial charge is 0.306 e. The van der Waals surface area contributed by atoms with E-state index in [1.165, 1.54) is 32.1 Å². The van der Waals surface area contributed by atoms with E-state index in [4.69, 9.17) is 9.84 Å². The van der Waals surface area contributed by atoms with Crippen LogP contribution in [0.25, 0.3) is 0 Å². The highest BCUT2D eigenvalue weighted by Gasteiger charge is 2.60. The minimum atomic E-state index is -0.747. The number of ether oxygens (including phenoxy) is 1. The van der Waals surface area contributed by atoms with Crippen LogP contribution >= 0.6 is 0 Å². The molecule has 4 unspecified atom stereocenters. The largest absolute Gasteiger partial charge is 0.481 e. The number of esters is 1. The van der Waals surface area contributed by atoms with Crippen LogP contribution in [-0.2, 0) is 19.1 Å². The van der Waals surface area contributed by atoms with Crippen LogP contribution in [0.15, 0.2) is 0 Å². The number of Topliss-reactive ketones (excluding diaryl/α,β-unsaturated/α-hetero) is 1. The van der Waals surface area contributed by atoms with Gasteiger partial charge >= 0.3 is 11.9 Å². The number of fused-ring (bicyclic) bond motifs is 5. The molecule has 0 spiro atoms. The molecule has 192 valence electrons. The fourth-order valence-corrected chi connectivity index (χ4v) is 9.14. The van der Waals surface area contributed by atoms with Crippen LogP contribution in [0.4, 0.5) is 0 Å². The molecule has 5 nitrogen and oxygen atoms in total. The summed E-state index contributed by atoms with van der Waals surface area (Å²) < 4.78 is 5.92. The molecule has 4 aliphatic rings. The van der Waals surface area contributed by atoms with Gasteiger partial charge in [-0.25, -0.2) is 0 Å². The molecule has 0 amide bonds. The summed E-state index contributed by atoms with van der Waals surface area (Å²) in [4.78, 5) is 35.4. The lowest BCUT2D eigenvalue weighted by molar-refractivity contribution is -0.163. The van der Waals surface area contributed by atoms with Crippen LogP contribution in [-0.4, -0.2) is 28.9 Å². The summed E-state index contributed by atoms with van der Waals surface area (Å²) in [6.45, 7) is 6.76. The first-order valence-corrected chi connectivity index (χ1v) is 14.1. The number of carbonyl (C=O) groups is 3. The summed E-state index contributed by atoms with van der Waals surface area (Å²) in [7, 11) is 0. The van der Waals surface area contributed by atoms with Gasteiger partial charge in [0.15, 0.2) is 0 Å². The second-order valence-electron chi connectivity index (χ2n) is 12.6. The first kappa shape index (κ1) is 25.7. The zero-order chi connectivity index (χ0) is 24.5. The summed E-state index contributed by atoms with van der Waals surface area (Å²) in [5, 5.41) is 8.70. The fourth-order valence-electron chi connectivity index (χ4n) is 9.14. The molecule has 4 saturated carbocycles. The Morgan fingerprint density at radius 2 is 1.50 bits per heavy atom. The van der Waals surface area contributed by atoms with Gasteiger partial charge in [0.05, 0.1) is 0 Å². The topological polar surface area (TPSA) is 80.7 Å². The minimum absolute atomic E-state index is 0.0663. The maximum Gasteiger partial charge on any atom is 0.306 e. The third-order valence-corrected chi connectivity index (χ3v) is 10.9. The Bertz CT molecular complexity index is 776. The van der Waals surface area contributed by atoms with Gasteiger partial charge in [0.2, 0.25) is 0 Å². The summed E-state index contributed by atoms with van der Waals surface area (Å²) in [5.74, 6) is 2.75. The monoisotopic (exact) mass is 474 g/mol. The average Bonchev–Trinajstić information content (AvgIpc) is 3.13. The van der Waals surface area contributed by atoms with Gasteiger partial charge in [0, 0.05) is 18.8 Å². The van der Waals surface area contributed by atoms with Gasteiger partial charge in [-0.1, -0.05) is 26.7 Å². The number of unbranched alkanes of at least 4 members (excludes halogenated alkanes) is 3. The van der Waals surface area contributed by atoms with E-state index >= 15 is 0 Å². The van der Waals surface area contributed by atoms with Crippen molar-refractivity contribution in [3.63, 3.8) is 0 Å². The van der Waals surface area contributed by atoms with Crippen molar-refractivity contribution >= 4 is 17.7 Å². The molecule has 0 aliphatic heterocycles. The van der Waals surface area contributed by atoms with Crippen molar-refractivity contribution in [2.75, 3.05) is 0 Å². The van der Waals surface area contributed by atoms with Crippen LogP contribution in [0.5, 0.6) is 0 Å². The number of carbonyl (C=O) groups excluding carboxylic acids is 2. The Morgan fingerprint density at radius 3 is 2.21 bits per heavy atom. The van der Waals surface area contributed by atoms with Gasteiger partial charge in [-0.3, -0.25) is 14.4 Å². The van der Waals surface area contributed by atoms with Crippen LogP contribution < -0.4 is 0 Å². The summed E-state index contributed by atoms with van der Waals surface area (Å²) in [6, 6.07) is 0. The van der Waals surface area contributed by atoms with Crippen molar-refractivity contribution < 1.29 is 24.2 Å². The number of hydrogen-bond acceptors (Lipinski definition) is 4. The number of carboxylic acid groups (broad SMARTS) is 1. The first-order valence-electron chi connectivity index (χ1n) is 14.1.